The number of aromatic nitrogens is 2. The zero-order valence-electron chi connectivity index (χ0n) is 7.55. The molecule has 2 aromatic heterocycles. The second-order valence-corrected chi connectivity index (χ2v) is 2.39. The van der Waals surface area contributed by atoms with E-state index in [9.17, 15) is 4.79 Å². The zero-order valence-corrected chi connectivity index (χ0v) is 7.55. The Kier molecular flexibility index (Phi) is 4.58. The highest BCUT2D eigenvalue weighted by Gasteiger charge is 1.83. The number of nitrogens with zero attached hydrogens (tertiary/aromatic N) is 1. The van der Waals surface area contributed by atoms with Crippen LogP contribution in [-0.2, 0) is 4.79 Å². The number of hydrogen-bond donors (Lipinski definition) is 2. The molecule has 0 spiro atoms. The van der Waals surface area contributed by atoms with Crippen LogP contribution in [-0.4, -0.2) is 16.4 Å². The summed E-state index contributed by atoms with van der Waals surface area (Å²) in [5.41, 5.74) is 0.792. The number of amides is 1. The van der Waals surface area contributed by atoms with Crippen molar-refractivity contribution in [3.05, 3.63) is 49.1 Å². The Bertz CT molecular complexity index is 305. The minimum atomic E-state index is 0.642. The summed E-state index contributed by atoms with van der Waals surface area (Å²) in [6.07, 6.45) is 7.59. The summed E-state index contributed by atoms with van der Waals surface area (Å²) < 4.78 is 0. The van der Waals surface area contributed by atoms with E-state index in [1.165, 1.54) is 0 Å². The predicted octanol–water partition coefficient (Wildman–Crippen LogP) is 1.66. The third-order valence-electron chi connectivity index (χ3n) is 1.39. The maximum atomic E-state index is 9.75. The summed E-state index contributed by atoms with van der Waals surface area (Å²) in [7, 11) is 0. The van der Waals surface area contributed by atoms with Crippen LogP contribution in [0.15, 0.2) is 49.1 Å². The van der Waals surface area contributed by atoms with Gasteiger partial charge >= 0.3 is 0 Å². The number of nitrogens with one attached hydrogen (secondary N) is 2. The fourth-order valence-electron chi connectivity index (χ4n) is 0.794. The number of H-pyrrole nitrogens is 1. The third-order valence-corrected chi connectivity index (χ3v) is 1.39. The molecule has 0 aliphatic rings. The lowest BCUT2D eigenvalue weighted by molar-refractivity contribution is -0.105. The number of pyridine rings is 1. The van der Waals surface area contributed by atoms with Crippen LogP contribution in [0, 0.1) is 0 Å². The second kappa shape index (κ2) is 6.42. The molecule has 0 saturated heterocycles. The molecule has 4 heteroatoms. The first-order chi connectivity index (χ1) is 6.93. The summed E-state index contributed by atoms with van der Waals surface area (Å²) in [5.74, 6) is 0. The van der Waals surface area contributed by atoms with E-state index < -0.39 is 0 Å². The van der Waals surface area contributed by atoms with Crippen LogP contribution in [0.25, 0.3) is 0 Å². The van der Waals surface area contributed by atoms with Gasteiger partial charge in [0, 0.05) is 24.8 Å². The van der Waals surface area contributed by atoms with Crippen LogP contribution in [0.2, 0.25) is 0 Å². The van der Waals surface area contributed by atoms with Gasteiger partial charge < -0.3 is 10.3 Å². The molecule has 14 heavy (non-hydrogen) atoms. The van der Waals surface area contributed by atoms with E-state index in [1.54, 1.807) is 30.9 Å². The number of anilines is 1. The highest BCUT2D eigenvalue weighted by Crippen LogP contribution is 1.99. The number of rotatable bonds is 2. The van der Waals surface area contributed by atoms with Crippen molar-refractivity contribution >= 4 is 12.1 Å². The molecule has 2 heterocycles. The topological polar surface area (TPSA) is 57.8 Å². The Morgan fingerprint density at radius 2 is 2.07 bits per heavy atom. The molecule has 1 amide bonds. The van der Waals surface area contributed by atoms with Gasteiger partial charge in [0.05, 0.1) is 5.69 Å². The van der Waals surface area contributed by atoms with E-state index >= 15 is 0 Å². The van der Waals surface area contributed by atoms with Crippen molar-refractivity contribution in [1.82, 2.24) is 9.97 Å². The lowest BCUT2D eigenvalue weighted by Crippen LogP contribution is -1.89. The largest absolute Gasteiger partial charge is 0.366 e. The average molecular weight is 189 g/mol. The van der Waals surface area contributed by atoms with E-state index in [4.69, 9.17) is 0 Å². The molecule has 0 bridgehead atoms. The van der Waals surface area contributed by atoms with E-state index in [2.05, 4.69) is 15.3 Å². The normalized spacial score (nSPS) is 8.29. The van der Waals surface area contributed by atoms with Gasteiger partial charge in [0.1, 0.15) is 0 Å². The summed E-state index contributed by atoms with van der Waals surface area (Å²) in [6, 6.07) is 7.49. The van der Waals surface area contributed by atoms with Crippen molar-refractivity contribution in [2.45, 2.75) is 0 Å². The lowest BCUT2D eigenvalue weighted by atomic mass is 10.5. The zero-order chi connectivity index (χ0) is 10.1. The van der Waals surface area contributed by atoms with E-state index in [0.717, 1.165) is 5.69 Å². The molecule has 0 atom stereocenters. The highest BCUT2D eigenvalue weighted by atomic mass is 16.1. The summed E-state index contributed by atoms with van der Waals surface area (Å²) in [5, 5.41) is 2.48. The number of carbonyl (C=O) groups excluding carboxylic acids is 1. The monoisotopic (exact) mass is 189 g/mol. The summed E-state index contributed by atoms with van der Waals surface area (Å²) in [4.78, 5) is 16.3. The van der Waals surface area contributed by atoms with Gasteiger partial charge in [-0.05, 0) is 18.2 Å². The fraction of sp³-hybridized carbons (Fsp3) is 0. The van der Waals surface area contributed by atoms with E-state index in [0.29, 0.717) is 6.41 Å². The van der Waals surface area contributed by atoms with Gasteiger partial charge in [0.2, 0.25) is 6.41 Å². The summed E-state index contributed by atoms with van der Waals surface area (Å²) >= 11 is 0. The number of aromatic amines is 1. The summed E-state index contributed by atoms with van der Waals surface area (Å²) in [6.45, 7) is 0. The predicted molar refractivity (Wildman–Crippen MR) is 54.7 cm³/mol. The van der Waals surface area contributed by atoms with Crippen LogP contribution in [0.3, 0.4) is 0 Å². The average Bonchev–Trinajstić information content (AvgIpc) is 2.75. The molecule has 0 saturated carbocycles. The van der Waals surface area contributed by atoms with E-state index in [1.807, 2.05) is 18.2 Å². The number of carbonyl (C=O) groups is 1. The first-order valence-electron chi connectivity index (χ1n) is 4.11. The van der Waals surface area contributed by atoms with Gasteiger partial charge in [-0.15, -0.1) is 0 Å². The molecule has 0 aliphatic heterocycles. The molecule has 0 aromatic carbocycles. The molecule has 72 valence electrons. The van der Waals surface area contributed by atoms with Crippen molar-refractivity contribution in [2.24, 2.45) is 0 Å². The van der Waals surface area contributed by atoms with Gasteiger partial charge in [-0.3, -0.25) is 9.78 Å². The Balaban J connectivity index is 0.000000146. The van der Waals surface area contributed by atoms with Gasteiger partial charge in [-0.1, -0.05) is 6.07 Å². The van der Waals surface area contributed by atoms with Crippen LogP contribution < -0.4 is 5.32 Å². The van der Waals surface area contributed by atoms with Gasteiger partial charge in [0.15, 0.2) is 0 Å². The van der Waals surface area contributed by atoms with Crippen molar-refractivity contribution in [3.8, 4) is 0 Å². The van der Waals surface area contributed by atoms with Gasteiger partial charge in [-0.2, -0.15) is 0 Å². The molecule has 2 rings (SSSR count). The van der Waals surface area contributed by atoms with Crippen LogP contribution >= 0.6 is 0 Å². The van der Waals surface area contributed by atoms with Crippen LogP contribution in [0.5, 0.6) is 0 Å². The third kappa shape index (κ3) is 4.06. The molecule has 2 aromatic rings. The Morgan fingerprint density at radius 1 is 1.29 bits per heavy atom. The smallest absolute Gasteiger partial charge is 0.211 e. The lowest BCUT2D eigenvalue weighted by Gasteiger charge is -1.85. The van der Waals surface area contributed by atoms with Gasteiger partial charge in [-0.25, -0.2) is 0 Å². The van der Waals surface area contributed by atoms with Crippen LogP contribution in [0.1, 0.15) is 0 Å². The minimum absolute atomic E-state index is 0.642. The molecule has 2 N–H and O–H groups in total. The molecular weight excluding hydrogens is 178 g/mol. The first-order valence-corrected chi connectivity index (χ1v) is 4.11. The van der Waals surface area contributed by atoms with Crippen molar-refractivity contribution in [2.75, 3.05) is 5.32 Å². The molecule has 0 aliphatic carbocycles. The van der Waals surface area contributed by atoms with Gasteiger partial charge in [0.25, 0.3) is 0 Å². The molecule has 0 unspecified atom stereocenters. The highest BCUT2D eigenvalue weighted by molar-refractivity contribution is 5.70. The maximum Gasteiger partial charge on any atom is 0.211 e. The molecule has 0 radical (unpaired) electrons. The SMILES string of the molecule is O=CNc1cc[nH]c1.c1ccncc1. The number of hydrogen-bond acceptors (Lipinski definition) is 2. The molecule has 4 nitrogen and oxygen atoms in total. The Morgan fingerprint density at radius 3 is 2.43 bits per heavy atom. The van der Waals surface area contributed by atoms with E-state index in [-0.39, 0.29) is 0 Å². The second-order valence-electron chi connectivity index (χ2n) is 2.39. The quantitative estimate of drug-likeness (QED) is 0.706. The van der Waals surface area contributed by atoms with Crippen molar-refractivity contribution in [1.29, 1.82) is 0 Å². The van der Waals surface area contributed by atoms with Crippen LogP contribution in [0.4, 0.5) is 5.69 Å². The first kappa shape index (κ1) is 9.98. The van der Waals surface area contributed by atoms with Crippen molar-refractivity contribution < 1.29 is 4.79 Å². The maximum absolute atomic E-state index is 9.75. The van der Waals surface area contributed by atoms with Crippen molar-refractivity contribution in [3.63, 3.8) is 0 Å². The minimum Gasteiger partial charge on any atom is -0.366 e. The fourth-order valence-corrected chi connectivity index (χ4v) is 0.794. The molecule has 0 fully saturated rings. The Labute approximate surface area is 82.0 Å². The standard InChI is InChI=1S/C5H6N2O.C5H5N/c8-4-7-5-1-2-6-3-5;1-2-4-6-5-3-1/h1-4,6H,(H,7,8);1-5H. The molecular formula is C10H11N3O. The Hall–Kier alpha value is -2.10.